The Kier molecular flexibility index (Phi) is 7.52. The largest absolute Gasteiger partial charge is 0.364 e. The zero-order valence-electron chi connectivity index (χ0n) is 14.3. The van der Waals surface area contributed by atoms with Gasteiger partial charge < -0.3 is 15.4 Å². The molecule has 1 aromatic carbocycles. The molecule has 0 unspecified atom stereocenters. The Bertz CT molecular complexity index is 488. The van der Waals surface area contributed by atoms with Crippen LogP contribution in [0.1, 0.15) is 39.2 Å². The van der Waals surface area contributed by atoms with E-state index < -0.39 is 0 Å². The third-order valence-electron chi connectivity index (χ3n) is 3.84. The normalized spacial score (nSPS) is 20.9. The number of hydrogen-bond donors (Lipinski definition) is 1. The van der Waals surface area contributed by atoms with Crippen LogP contribution >= 0.6 is 12.4 Å². The highest BCUT2D eigenvalue weighted by Gasteiger charge is 2.34. The van der Waals surface area contributed by atoms with E-state index in [2.05, 4.69) is 32.9 Å². The maximum atomic E-state index is 12.8. The molecular weight excluding hydrogens is 312 g/mol. The molecule has 0 saturated carbocycles. The van der Waals surface area contributed by atoms with Crippen molar-refractivity contribution in [2.24, 2.45) is 11.1 Å². The molecule has 1 amide bonds. The second-order valence-corrected chi connectivity index (χ2v) is 7.30. The van der Waals surface area contributed by atoms with E-state index in [4.69, 9.17) is 10.5 Å². The van der Waals surface area contributed by atoms with Gasteiger partial charge in [0.2, 0.25) is 0 Å². The molecule has 0 aromatic heterocycles. The molecule has 5 heteroatoms. The summed E-state index contributed by atoms with van der Waals surface area (Å²) < 4.78 is 5.79. The smallest absolute Gasteiger partial charge is 0.252 e. The van der Waals surface area contributed by atoms with Crippen molar-refractivity contribution < 1.29 is 9.53 Å². The van der Waals surface area contributed by atoms with Gasteiger partial charge in [-0.05, 0) is 23.8 Å². The van der Waals surface area contributed by atoms with Gasteiger partial charge in [-0.15, -0.1) is 12.4 Å². The van der Waals surface area contributed by atoms with Crippen molar-refractivity contribution in [2.75, 3.05) is 13.1 Å². The molecule has 2 atom stereocenters. The molecule has 0 bridgehead atoms. The number of carbonyl (C=O) groups excluding carboxylic acids is 1. The summed E-state index contributed by atoms with van der Waals surface area (Å²) in [7, 11) is 0. The van der Waals surface area contributed by atoms with E-state index in [1.807, 2.05) is 23.1 Å². The molecular formula is C18H29ClN2O2. The number of benzene rings is 1. The van der Waals surface area contributed by atoms with Crippen molar-refractivity contribution >= 4 is 18.3 Å². The Morgan fingerprint density at radius 2 is 1.91 bits per heavy atom. The molecule has 130 valence electrons. The van der Waals surface area contributed by atoms with Crippen molar-refractivity contribution in [3.63, 3.8) is 0 Å². The number of halogens is 1. The SMILES string of the molecule is CC(C)(C)CN(Cc1ccccc1)C(=O)[C@@H]1CC[C@H](CN)O1.Cl. The van der Waals surface area contributed by atoms with E-state index >= 15 is 0 Å². The molecule has 1 fully saturated rings. The lowest BCUT2D eigenvalue weighted by Crippen LogP contribution is -2.43. The fraction of sp³-hybridized carbons (Fsp3) is 0.611. The maximum absolute atomic E-state index is 12.8. The van der Waals surface area contributed by atoms with Gasteiger partial charge in [-0.2, -0.15) is 0 Å². The fourth-order valence-corrected chi connectivity index (χ4v) is 2.85. The standard InChI is InChI=1S/C18H28N2O2.ClH/c1-18(2,3)13-20(12-14-7-5-4-6-8-14)17(21)16-10-9-15(11-19)22-16;/h4-8,15-16H,9-13,19H2,1-3H3;1H/t15-,16+;/m1./s1. The summed E-state index contributed by atoms with van der Waals surface area (Å²) in [5.74, 6) is 0.0923. The number of hydrogen-bond acceptors (Lipinski definition) is 3. The van der Waals surface area contributed by atoms with Crippen LogP contribution in [0.3, 0.4) is 0 Å². The number of ether oxygens (including phenoxy) is 1. The summed E-state index contributed by atoms with van der Waals surface area (Å²) in [5.41, 5.74) is 6.85. The molecule has 0 radical (unpaired) electrons. The first kappa shape index (κ1) is 19.9. The molecule has 4 nitrogen and oxygen atoms in total. The van der Waals surface area contributed by atoms with E-state index in [1.165, 1.54) is 0 Å². The minimum absolute atomic E-state index is 0. The van der Waals surface area contributed by atoms with Crippen molar-refractivity contribution in [1.29, 1.82) is 0 Å². The summed E-state index contributed by atoms with van der Waals surface area (Å²) in [5, 5.41) is 0. The van der Waals surface area contributed by atoms with Crippen LogP contribution in [0.5, 0.6) is 0 Å². The second-order valence-electron chi connectivity index (χ2n) is 7.30. The van der Waals surface area contributed by atoms with Crippen LogP contribution in [0.15, 0.2) is 30.3 Å². The monoisotopic (exact) mass is 340 g/mol. The molecule has 1 aromatic rings. The lowest BCUT2D eigenvalue weighted by molar-refractivity contribution is -0.144. The van der Waals surface area contributed by atoms with Gasteiger partial charge >= 0.3 is 0 Å². The van der Waals surface area contributed by atoms with Gasteiger partial charge in [0.1, 0.15) is 6.10 Å². The number of amides is 1. The van der Waals surface area contributed by atoms with E-state index in [0.717, 1.165) is 18.4 Å². The molecule has 23 heavy (non-hydrogen) atoms. The van der Waals surface area contributed by atoms with Crippen LogP contribution in [-0.2, 0) is 16.1 Å². The highest BCUT2D eigenvalue weighted by atomic mass is 35.5. The average Bonchev–Trinajstić information content (AvgIpc) is 2.94. The van der Waals surface area contributed by atoms with Crippen molar-refractivity contribution in [3.8, 4) is 0 Å². The van der Waals surface area contributed by atoms with E-state index in [9.17, 15) is 4.79 Å². The average molecular weight is 341 g/mol. The molecule has 1 aliphatic heterocycles. The quantitative estimate of drug-likeness (QED) is 0.896. The topological polar surface area (TPSA) is 55.6 Å². The Balaban J connectivity index is 0.00000264. The molecule has 0 aliphatic carbocycles. The molecule has 2 rings (SSSR count). The van der Waals surface area contributed by atoms with Crippen LogP contribution in [-0.4, -0.2) is 36.1 Å². The van der Waals surface area contributed by atoms with E-state index in [0.29, 0.717) is 19.6 Å². The highest BCUT2D eigenvalue weighted by Crippen LogP contribution is 2.24. The van der Waals surface area contributed by atoms with Crippen LogP contribution in [0.4, 0.5) is 0 Å². The van der Waals surface area contributed by atoms with E-state index in [-0.39, 0.29) is 35.9 Å². The zero-order chi connectivity index (χ0) is 16.2. The van der Waals surface area contributed by atoms with Gasteiger partial charge in [-0.25, -0.2) is 0 Å². The number of nitrogens with two attached hydrogens (primary N) is 1. The number of nitrogens with zero attached hydrogens (tertiary/aromatic N) is 1. The highest BCUT2D eigenvalue weighted by molar-refractivity contribution is 5.85. The van der Waals surface area contributed by atoms with Crippen molar-refractivity contribution in [3.05, 3.63) is 35.9 Å². The third-order valence-corrected chi connectivity index (χ3v) is 3.84. The minimum atomic E-state index is -0.334. The first-order valence-electron chi connectivity index (χ1n) is 8.07. The van der Waals surface area contributed by atoms with Crippen molar-refractivity contribution in [1.82, 2.24) is 4.90 Å². The molecule has 1 saturated heterocycles. The molecule has 1 heterocycles. The Morgan fingerprint density at radius 3 is 2.43 bits per heavy atom. The Hall–Kier alpha value is -1.10. The molecule has 0 spiro atoms. The van der Waals surface area contributed by atoms with Gasteiger partial charge in [0.05, 0.1) is 6.10 Å². The first-order valence-corrected chi connectivity index (χ1v) is 8.07. The number of rotatable bonds is 5. The van der Waals surface area contributed by atoms with E-state index in [1.54, 1.807) is 0 Å². The Morgan fingerprint density at radius 1 is 1.26 bits per heavy atom. The predicted octanol–water partition coefficient (Wildman–Crippen LogP) is 2.99. The van der Waals surface area contributed by atoms with Crippen LogP contribution in [0.2, 0.25) is 0 Å². The summed E-state index contributed by atoms with van der Waals surface area (Å²) in [6, 6.07) is 10.1. The summed E-state index contributed by atoms with van der Waals surface area (Å²) in [4.78, 5) is 14.8. The minimum Gasteiger partial charge on any atom is -0.364 e. The number of carbonyl (C=O) groups is 1. The molecule has 1 aliphatic rings. The summed E-state index contributed by atoms with van der Waals surface area (Å²) in [6.45, 7) is 8.28. The second kappa shape index (κ2) is 8.67. The summed E-state index contributed by atoms with van der Waals surface area (Å²) >= 11 is 0. The summed E-state index contributed by atoms with van der Waals surface area (Å²) in [6.07, 6.45) is 1.35. The lowest BCUT2D eigenvalue weighted by atomic mass is 9.95. The molecule has 2 N–H and O–H groups in total. The van der Waals surface area contributed by atoms with Gasteiger partial charge in [0, 0.05) is 19.6 Å². The first-order chi connectivity index (χ1) is 10.4. The van der Waals surface area contributed by atoms with Crippen LogP contribution in [0.25, 0.3) is 0 Å². The maximum Gasteiger partial charge on any atom is 0.252 e. The Labute approximate surface area is 145 Å². The predicted molar refractivity (Wildman–Crippen MR) is 95.5 cm³/mol. The van der Waals surface area contributed by atoms with Gasteiger partial charge in [0.15, 0.2) is 0 Å². The van der Waals surface area contributed by atoms with Gasteiger partial charge in [-0.1, -0.05) is 51.1 Å². The fourth-order valence-electron chi connectivity index (χ4n) is 2.85. The lowest BCUT2D eigenvalue weighted by Gasteiger charge is -2.32. The third kappa shape index (κ3) is 6.13. The van der Waals surface area contributed by atoms with Gasteiger partial charge in [-0.3, -0.25) is 4.79 Å². The van der Waals surface area contributed by atoms with Crippen molar-refractivity contribution in [2.45, 2.75) is 52.4 Å². The van der Waals surface area contributed by atoms with Crippen LogP contribution in [0, 0.1) is 5.41 Å². The van der Waals surface area contributed by atoms with Crippen LogP contribution < -0.4 is 5.73 Å². The van der Waals surface area contributed by atoms with Gasteiger partial charge in [0.25, 0.3) is 5.91 Å². The zero-order valence-corrected chi connectivity index (χ0v) is 15.1.